The summed E-state index contributed by atoms with van der Waals surface area (Å²) in [5, 5.41) is 7.51. The highest BCUT2D eigenvalue weighted by atomic mass is 32.1. The maximum Gasteiger partial charge on any atom is 0.265 e. The Labute approximate surface area is 114 Å². The molecule has 1 aromatic carbocycles. The zero-order valence-electron chi connectivity index (χ0n) is 10.1. The quantitative estimate of drug-likeness (QED) is 0.883. The maximum atomic E-state index is 11.9. The molecule has 0 atom stereocenters. The van der Waals surface area contributed by atoms with E-state index in [0.29, 0.717) is 17.0 Å². The first-order chi connectivity index (χ1) is 9.22. The number of rotatable bonds is 2. The molecule has 2 amide bonds. The minimum atomic E-state index is -0.128. The van der Waals surface area contributed by atoms with Gasteiger partial charge in [-0.25, -0.2) is 0 Å². The Morgan fingerprint density at radius 1 is 1.26 bits per heavy atom. The van der Waals surface area contributed by atoms with Crippen LogP contribution in [0.1, 0.15) is 21.7 Å². The van der Waals surface area contributed by atoms with Crippen molar-refractivity contribution in [1.29, 1.82) is 0 Å². The normalized spacial score (nSPS) is 13.6. The SMILES string of the molecule is O=C1CCc2ccc(NC(=O)c3cccs3)cc2N1. The number of carbonyl (C=O) groups excluding carboxylic acids is 2. The molecule has 0 fully saturated rings. The van der Waals surface area contributed by atoms with Gasteiger partial charge in [-0.05, 0) is 35.6 Å². The van der Waals surface area contributed by atoms with Gasteiger partial charge in [0.25, 0.3) is 5.91 Å². The topological polar surface area (TPSA) is 58.2 Å². The number of nitrogens with one attached hydrogen (secondary N) is 2. The summed E-state index contributed by atoms with van der Waals surface area (Å²) < 4.78 is 0. The average Bonchev–Trinajstić information content (AvgIpc) is 2.92. The van der Waals surface area contributed by atoms with Crippen molar-refractivity contribution < 1.29 is 9.59 Å². The van der Waals surface area contributed by atoms with E-state index in [1.807, 2.05) is 23.6 Å². The fraction of sp³-hybridized carbons (Fsp3) is 0.143. The van der Waals surface area contributed by atoms with Crippen LogP contribution in [0, 0.1) is 0 Å². The molecule has 0 saturated carbocycles. The van der Waals surface area contributed by atoms with E-state index in [2.05, 4.69) is 10.6 Å². The Bertz CT molecular complexity index is 635. The van der Waals surface area contributed by atoms with Crippen LogP contribution in [0.4, 0.5) is 11.4 Å². The van der Waals surface area contributed by atoms with Crippen LogP contribution in [0.15, 0.2) is 35.7 Å². The second-order valence-electron chi connectivity index (χ2n) is 4.35. The molecule has 1 aliphatic heterocycles. The lowest BCUT2D eigenvalue weighted by Crippen LogP contribution is -2.19. The van der Waals surface area contributed by atoms with Crippen molar-refractivity contribution in [2.75, 3.05) is 10.6 Å². The Morgan fingerprint density at radius 3 is 2.95 bits per heavy atom. The lowest BCUT2D eigenvalue weighted by molar-refractivity contribution is -0.116. The fourth-order valence-corrected chi connectivity index (χ4v) is 2.67. The Hall–Kier alpha value is -2.14. The zero-order valence-corrected chi connectivity index (χ0v) is 10.9. The van der Waals surface area contributed by atoms with E-state index in [1.165, 1.54) is 11.3 Å². The number of hydrogen-bond acceptors (Lipinski definition) is 3. The van der Waals surface area contributed by atoms with E-state index in [1.54, 1.807) is 12.1 Å². The monoisotopic (exact) mass is 272 g/mol. The van der Waals surface area contributed by atoms with Gasteiger partial charge in [0.1, 0.15) is 0 Å². The highest BCUT2D eigenvalue weighted by Gasteiger charge is 2.15. The highest BCUT2D eigenvalue weighted by Crippen LogP contribution is 2.26. The van der Waals surface area contributed by atoms with Crippen molar-refractivity contribution in [3.63, 3.8) is 0 Å². The summed E-state index contributed by atoms with van der Waals surface area (Å²) in [6, 6.07) is 9.23. The van der Waals surface area contributed by atoms with Crippen LogP contribution in [0.3, 0.4) is 0 Å². The van der Waals surface area contributed by atoms with Crippen molar-refractivity contribution >= 4 is 34.5 Å². The van der Waals surface area contributed by atoms with E-state index < -0.39 is 0 Å². The lowest BCUT2D eigenvalue weighted by atomic mass is 10.0. The number of hydrogen-bond donors (Lipinski definition) is 2. The number of benzene rings is 1. The maximum absolute atomic E-state index is 11.9. The fourth-order valence-electron chi connectivity index (χ4n) is 2.05. The van der Waals surface area contributed by atoms with Crippen LogP contribution in [0.2, 0.25) is 0 Å². The summed E-state index contributed by atoms with van der Waals surface area (Å²) in [7, 11) is 0. The molecule has 2 heterocycles. The molecule has 0 aliphatic carbocycles. The summed E-state index contributed by atoms with van der Waals surface area (Å²) in [5.41, 5.74) is 2.59. The van der Waals surface area contributed by atoms with Crippen molar-refractivity contribution in [1.82, 2.24) is 0 Å². The van der Waals surface area contributed by atoms with E-state index in [-0.39, 0.29) is 11.8 Å². The van der Waals surface area contributed by atoms with Gasteiger partial charge in [0.05, 0.1) is 4.88 Å². The molecular weight excluding hydrogens is 260 g/mol. The second-order valence-corrected chi connectivity index (χ2v) is 5.30. The Morgan fingerprint density at radius 2 is 2.16 bits per heavy atom. The van der Waals surface area contributed by atoms with E-state index in [9.17, 15) is 9.59 Å². The molecule has 0 spiro atoms. The van der Waals surface area contributed by atoms with E-state index in [4.69, 9.17) is 0 Å². The number of aryl methyl sites for hydroxylation is 1. The largest absolute Gasteiger partial charge is 0.326 e. The first kappa shape index (κ1) is 11.9. The van der Waals surface area contributed by atoms with Crippen molar-refractivity contribution in [3.05, 3.63) is 46.2 Å². The number of amides is 2. The van der Waals surface area contributed by atoms with Gasteiger partial charge >= 0.3 is 0 Å². The zero-order chi connectivity index (χ0) is 13.2. The highest BCUT2D eigenvalue weighted by molar-refractivity contribution is 7.12. The summed E-state index contributed by atoms with van der Waals surface area (Å²) >= 11 is 1.40. The first-order valence-electron chi connectivity index (χ1n) is 6.00. The number of thiophene rings is 1. The molecule has 96 valence electrons. The minimum absolute atomic E-state index is 0.0224. The van der Waals surface area contributed by atoms with Gasteiger partial charge in [0.15, 0.2) is 0 Å². The third-order valence-corrected chi connectivity index (χ3v) is 3.88. The standard InChI is InChI=1S/C14H12N2O2S/c17-13-6-4-9-3-5-10(8-11(9)16-13)15-14(18)12-2-1-7-19-12/h1-3,5,7-8H,4,6H2,(H,15,18)(H,16,17). The smallest absolute Gasteiger partial charge is 0.265 e. The molecule has 0 radical (unpaired) electrons. The average molecular weight is 272 g/mol. The van der Waals surface area contributed by atoms with Gasteiger partial charge in [0.2, 0.25) is 5.91 Å². The molecular formula is C14H12N2O2S. The van der Waals surface area contributed by atoms with Crippen LogP contribution in [-0.2, 0) is 11.2 Å². The summed E-state index contributed by atoms with van der Waals surface area (Å²) in [6.07, 6.45) is 1.27. The number of anilines is 2. The van der Waals surface area contributed by atoms with E-state index in [0.717, 1.165) is 17.7 Å². The molecule has 0 saturated heterocycles. The van der Waals surface area contributed by atoms with Crippen molar-refractivity contribution in [3.8, 4) is 0 Å². The van der Waals surface area contributed by atoms with Gasteiger partial charge in [-0.1, -0.05) is 12.1 Å². The van der Waals surface area contributed by atoms with Crippen LogP contribution in [-0.4, -0.2) is 11.8 Å². The van der Waals surface area contributed by atoms with Crippen LogP contribution in [0.5, 0.6) is 0 Å². The lowest BCUT2D eigenvalue weighted by Gasteiger charge is -2.17. The van der Waals surface area contributed by atoms with Crippen molar-refractivity contribution in [2.45, 2.75) is 12.8 Å². The molecule has 0 bridgehead atoms. The van der Waals surface area contributed by atoms with Gasteiger partial charge in [0, 0.05) is 17.8 Å². The van der Waals surface area contributed by atoms with Gasteiger partial charge < -0.3 is 10.6 Å². The minimum Gasteiger partial charge on any atom is -0.326 e. The predicted molar refractivity (Wildman–Crippen MR) is 75.7 cm³/mol. The molecule has 0 unspecified atom stereocenters. The van der Waals surface area contributed by atoms with Crippen molar-refractivity contribution in [2.24, 2.45) is 0 Å². The molecule has 2 N–H and O–H groups in total. The summed E-state index contributed by atoms with van der Waals surface area (Å²) in [5.74, 6) is -0.105. The van der Waals surface area contributed by atoms with Gasteiger partial charge in [-0.3, -0.25) is 9.59 Å². The van der Waals surface area contributed by atoms with Crippen LogP contribution in [0.25, 0.3) is 0 Å². The van der Waals surface area contributed by atoms with Crippen LogP contribution >= 0.6 is 11.3 Å². The molecule has 19 heavy (non-hydrogen) atoms. The molecule has 4 nitrogen and oxygen atoms in total. The molecule has 1 aromatic heterocycles. The predicted octanol–water partition coefficient (Wildman–Crippen LogP) is 2.89. The first-order valence-corrected chi connectivity index (χ1v) is 6.88. The van der Waals surface area contributed by atoms with Gasteiger partial charge in [-0.2, -0.15) is 0 Å². The molecule has 5 heteroatoms. The van der Waals surface area contributed by atoms with Gasteiger partial charge in [-0.15, -0.1) is 11.3 Å². The van der Waals surface area contributed by atoms with Crippen LogP contribution < -0.4 is 10.6 Å². The number of carbonyl (C=O) groups is 2. The molecule has 2 aromatic rings. The summed E-state index contributed by atoms with van der Waals surface area (Å²) in [4.78, 5) is 23.9. The Kier molecular flexibility index (Phi) is 3.05. The molecule has 3 rings (SSSR count). The Balaban J connectivity index is 1.81. The second kappa shape index (κ2) is 4.85. The molecule has 1 aliphatic rings. The third kappa shape index (κ3) is 2.51. The number of fused-ring (bicyclic) bond motifs is 1. The summed E-state index contributed by atoms with van der Waals surface area (Å²) in [6.45, 7) is 0. The third-order valence-electron chi connectivity index (χ3n) is 3.01. The van der Waals surface area contributed by atoms with E-state index >= 15 is 0 Å².